The molecule has 0 saturated carbocycles. The summed E-state index contributed by atoms with van der Waals surface area (Å²) in [5, 5.41) is 0. The second-order valence-corrected chi connectivity index (χ2v) is 19.3. The third-order valence-electron chi connectivity index (χ3n) is 11.7. The van der Waals surface area contributed by atoms with Crippen LogP contribution in [-0.4, -0.2) is 35.0 Å². The van der Waals surface area contributed by atoms with Crippen LogP contribution in [0.4, 0.5) is 0 Å². The van der Waals surface area contributed by atoms with Crippen molar-refractivity contribution in [2.24, 2.45) is 0 Å². The Morgan fingerprint density at radius 2 is 0.397 bits per heavy atom. The number of rotatable bonds is 51. The highest BCUT2D eigenvalue weighted by Crippen LogP contribution is 2.14. The summed E-state index contributed by atoms with van der Waals surface area (Å²) in [5.74, 6) is 0. The van der Waals surface area contributed by atoms with E-state index in [1.165, 1.54) is 250 Å². The number of hydrogen-bond donors (Lipinski definition) is 0. The van der Waals surface area contributed by atoms with E-state index in [1.54, 1.807) is 0 Å². The Hall–Kier alpha value is -0.368. The lowest BCUT2D eigenvalue weighted by Crippen LogP contribution is -2.28. The zero-order chi connectivity index (χ0) is 41.8. The maximum Gasteiger partial charge on any atom is 0.905 e. The van der Waals surface area contributed by atoms with Gasteiger partial charge in [-0.3, -0.25) is 0 Å². The minimum Gasteiger partial charge on any atom is -0.454 e. The fourth-order valence-electron chi connectivity index (χ4n) is 7.73. The Morgan fingerprint density at radius 1 is 0.224 bits per heavy atom. The molecule has 0 aromatic rings. The van der Waals surface area contributed by atoms with Crippen molar-refractivity contribution in [3.05, 3.63) is 36.5 Å². The average Bonchev–Trinajstić information content (AvgIpc) is 3.23. The van der Waals surface area contributed by atoms with Crippen LogP contribution >= 0.6 is 0 Å². The van der Waals surface area contributed by atoms with Crippen LogP contribution in [0, 0.1) is 0 Å². The molecule has 0 spiro atoms. The lowest BCUT2D eigenvalue weighted by molar-refractivity contribution is 0.0885. The molecule has 0 heterocycles. The molecule has 3 nitrogen and oxygen atoms in total. The van der Waals surface area contributed by atoms with E-state index >= 15 is 0 Å². The maximum atomic E-state index is 6.29. The van der Waals surface area contributed by atoms with Crippen molar-refractivity contribution in [1.29, 1.82) is 0 Å². The predicted molar refractivity (Wildman–Crippen MR) is 262 cm³/mol. The van der Waals surface area contributed by atoms with Crippen molar-refractivity contribution < 1.29 is 11.4 Å². The van der Waals surface area contributed by atoms with Crippen molar-refractivity contribution in [3.63, 3.8) is 0 Å². The summed E-state index contributed by atoms with van der Waals surface area (Å²) >= 11 is -2.04. The highest BCUT2D eigenvalue weighted by Gasteiger charge is 2.30. The van der Waals surface area contributed by atoms with Gasteiger partial charge in [-0.25, -0.2) is 0 Å². The molecule has 4 heteroatoms. The number of hydrogen-bond acceptors (Lipinski definition) is 3. The molecule has 342 valence electrons. The minimum atomic E-state index is -2.04. The van der Waals surface area contributed by atoms with Gasteiger partial charge in [-0.15, -0.1) is 0 Å². The lowest BCUT2D eigenvalue weighted by atomic mass is 10.1. The summed E-state index contributed by atoms with van der Waals surface area (Å²) in [6.45, 7) is 9.30. The first-order valence-electron chi connectivity index (χ1n) is 26.6. The van der Waals surface area contributed by atoms with E-state index in [-0.39, 0.29) is 0 Å². The van der Waals surface area contributed by atoms with Crippen molar-refractivity contribution in [1.82, 2.24) is 0 Å². The Labute approximate surface area is 371 Å². The summed E-state index contributed by atoms with van der Waals surface area (Å²) in [6, 6.07) is 0. The molecule has 0 atom stereocenters. The molecule has 0 radical (unpaired) electrons. The highest BCUT2D eigenvalue weighted by atomic mass is 27.3. The van der Waals surface area contributed by atoms with Crippen LogP contribution in [0.3, 0.4) is 0 Å². The number of unbranched alkanes of at least 4 members (excludes halogenated alkanes) is 36. The molecular weight excluding hydrogens is 724 g/mol. The fourth-order valence-corrected chi connectivity index (χ4v) is 9.10. The Morgan fingerprint density at radius 3 is 0.603 bits per heavy atom. The maximum absolute atomic E-state index is 6.29. The molecule has 0 N–H and O–H groups in total. The van der Waals surface area contributed by atoms with Gasteiger partial charge in [0.2, 0.25) is 0 Å². The first-order valence-corrected chi connectivity index (χ1v) is 28.1. The van der Waals surface area contributed by atoms with Crippen LogP contribution in [0.15, 0.2) is 36.5 Å². The van der Waals surface area contributed by atoms with Crippen LogP contribution in [0.25, 0.3) is 0 Å². The lowest BCUT2D eigenvalue weighted by Gasteiger charge is -2.14. The van der Waals surface area contributed by atoms with E-state index in [9.17, 15) is 0 Å². The van der Waals surface area contributed by atoms with Gasteiger partial charge in [0.1, 0.15) is 0 Å². The molecule has 0 aromatic carbocycles. The Bertz CT molecular complexity index is 705. The molecule has 0 unspecified atom stereocenters. The van der Waals surface area contributed by atoms with Crippen molar-refractivity contribution in [2.75, 3.05) is 19.8 Å². The van der Waals surface area contributed by atoms with Gasteiger partial charge in [0.25, 0.3) is 0 Å². The van der Waals surface area contributed by atoms with Gasteiger partial charge >= 0.3 is 15.1 Å². The third-order valence-corrected chi connectivity index (χ3v) is 13.3. The summed E-state index contributed by atoms with van der Waals surface area (Å²) in [7, 11) is 0. The molecule has 0 rings (SSSR count). The second kappa shape index (κ2) is 54.7. The Kier molecular flexibility index (Phi) is 54.3. The van der Waals surface area contributed by atoms with E-state index in [1.807, 2.05) is 0 Å². The normalized spacial score (nSPS) is 12.1. The SMILES string of the molecule is CCCCCCCC/C=C\CCCCCCCC[O][Al]([O]CCCCCCCC/C=C\CCCCCCCC)[O]CCCCCCCC/C=C\CCCCCCCC. The van der Waals surface area contributed by atoms with Crippen LogP contribution in [0.2, 0.25) is 0 Å². The molecule has 0 fully saturated rings. The molecule has 0 bridgehead atoms. The standard InChI is InChI=1S/3C18H35O.Al/c3*1-2-3-4-5-6-7-8-9-10-11-12-13-14-15-16-17-18-19;/h3*9-10H,2-8,11-18H2,1H3;/q3*-1;+3/b3*10-9-;. The monoisotopic (exact) mass is 829 g/mol. The summed E-state index contributed by atoms with van der Waals surface area (Å²) in [6.07, 6.45) is 70.6. The summed E-state index contributed by atoms with van der Waals surface area (Å²) in [5.41, 5.74) is 0. The predicted octanol–water partition coefficient (Wildman–Crippen LogP) is 19.1. The van der Waals surface area contributed by atoms with Gasteiger partial charge in [0.05, 0.1) is 0 Å². The van der Waals surface area contributed by atoms with Gasteiger partial charge in [0, 0.05) is 19.8 Å². The van der Waals surface area contributed by atoms with E-state index in [0.29, 0.717) is 0 Å². The molecular formula is C54H105AlO3. The van der Waals surface area contributed by atoms with E-state index in [4.69, 9.17) is 11.4 Å². The summed E-state index contributed by atoms with van der Waals surface area (Å²) in [4.78, 5) is 0. The van der Waals surface area contributed by atoms with Crippen LogP contribution in [-0.2, 0) is 11.4 Å². The van der Waals surface area contributed by atoms with Gasteiger partial charge in [-0.2, -0.15) is 0 Å². The average molecular weight is 829 g/mol. The van der Waals surface area contributed by atoms with Gasteiger partial charge < -0.3 is 11.4 Å². The van der Waals surface area contributed by atoms with Crippen molar-refractivity contribution in [3.8, 4) is 0 Å². The van der Waals surface area contributed by atoms with Crippen LogP contribution < -0.4 is 0 Å². The van der Waals surface area contributed by atoms with Crippen LogP contribution in [0.5, 0.6) is 0 Å². The molecule has 0 amide bonds. The summed E-state index contributed by atoms with van der Waals surface area (Å²) < 4.78 is 18.9. The van der Waals surface area contributed by atoms with Crippen molar-refractivity contribution in [2.45, 2.75) is 290 Å². The van der Waals surface area contributed by atoms with E-state index < -0.39 is 15.1 Å². The molecule has 0 aliphatic heterocycles. The number of allylic oxidation sites excluding steroid dienone is 6. The zero-order valence-electron chi connectivity index (χ0n) is 40.1. The molecule has 0 aliphatic rings. The zero-order valence-corrected chi connectivity index (χ0v) is 41.2. The largest absolute Gasteiger partial charge is 0.905 e. The molecule has 0 aliphatic carbocycles. The topological polar surface area (TPSA) is 27.7 Å². The smallest absolute Gasteiger partial charge is 0.454 e. The molecule has 0 aromatic heterocycles. The molecule has 58 heavy (non-hydrogen) atoms. The first kappa shape index (κ1) is 57.6. The highest BCUT2D eigenvalue weighted by molar-refractivity contribution is 6.36. The molecule has 0 saturated heterocycles. The minimum absolute atomic E-state index is 0.804. The quantitative estimate of drug-likeness (QED) is 0.0347. The van der Waals surface area contributed by atoms with Gasteiger partial charge in [-0.05, 0) is 96.3 Å². The first-order chi connectivity index (χ1) is 28.8. The van der Waals surface area contributed by atoms with Gasteiger partial charge in [0.15, 0.2) is 0 Å². The third kappa shape index (κ3) is 51.8. The van der Waals surface area contributed by atoms with Crippen molar-refractivity contribution >= 4 is 15.1 Å². The second-order valence-electron chi connectivity index (χ2n) is 17.7. The van der Waals surface area contributed by atoms with E-state index in [0.717, 1.165) is 39.1 Å². The van der Waals surface area contributed by atoms with Gasteiger partial charge in [-0.1, -0.05) is 231 Å². The Balaban J connectivity index is 4.05. The van der Waals surface area contributed by atoms with E-state index in [2.05, 4.69) is 57.2 Å². The van der Waals surface area contributed by atoms with Crippen LogP contribution in [0.1, 0.15) is 290 Å². The fraction of sp³-hybridized carbons (Fsp3) is 0.889.